The highest BCUT2D eigenvalue weighted by atomic mass is 79.9. The first-order chi connectivity index (χ1) is 7.29. The second kappa shape index (κ2) is 4.59. The molecular weight excluding hydrogens is 254 g/mol. The van der Waals surface area contributed by atoms with Gasteiger partial charge in [-0.25, -0.2) is 0 Å². The SMILES string of the molecule is NCc1cnn(Cc2ccccc2Br)c1. The van der Waals surface area contributed by atoms with Crippen molar-refractivity contribution >= 4 is 15.9 Å². The molecule has 0 fully saturated rings. The number of hydrogen-bond donors (Lipinski definition) is 1. The Morgan fingerprint density at radius 3 is 2.80 bits per heavy atom. The molecule has 0 aliphatic heterocycles. The summed E-state index contributed by atoms with van der Waals surface area (Å²) >= 11 is 3.51. The predicted octanol–water partition coefficient (Wildman–Crippen LogP) is 2.15. The minimum absolute atomic E-state index is 0.538. The molecule has 0 radical (unpaired) electrons. The van der Waals surface area contributed by atoms with Gasteiger partial charge in [0.25, 0.3) is 0 Å². The molecule has 0 spiro atoms. The maximum atomic E-state index is 5.52. The fraction of sp³-hybridized carbons (Fsp3) is 0.182. The maximum absolute atomic E-state index is 5.52. The quantitative estimate of drug-likeness (QED) is 0.925. The molecule has 0 unspecified atom stereocenters. The Bertz CT molecular complexity index is 451. The summed E-state index contributed by atoms with van der Waals surface area (Å²) in [4.78, 5) is 0. The van der Waals surface area contributed by atoms with E-state index in [1.165, 1.54) is 5.56 Å². The molecule has 2 rings (SSSR count). The van der Waals surface area contributed by atoms with Gasteiger partial charge in [-0.05, 0) is 11.6 Å². The molecule has 0 amide bonds. The van der Waals surface area contributed by atoms with Crippen molar-refractivity contribution in [2.75, 3.05) is 0 Å². The third-order valence-corrected chi connectivity index (χ3v) is 2.99. The first-order valence-corrected chi connectivity index (χ1v) is 5.53. The summed E-state index contributed by atoms with van der Waals surface area (Å²) in [5.74, 6) is 0. The van der Waals surface area contributed by atoms with E-state index in [9.17, 15) is 0 Å². The lowest BCUT2D eigenvalue weighted by atomic mass is 10.2. The van der Waals surface area contributed by atoms with Crippen molar-refractivity contribution in [2.24, 2.45) is 5.73 Å². The summed E-state index contributed by atoms with van der Waals surface area (Å²) < 4.78 is 3.00. The summed E-state index contributed by atoms with van der Waals surface area (Å²) in [5, 5.41) is 4.24. The zero-order valence-corrected chi connectivity index (χ0v) is 9.81. The van der Waals surface area contributed by atoms with Gasteiger partial charge in [0.15, 0.2) is 0 Å². The second-order valence-electron chi connectivity index (χ2n) is 3.34. The molecule has 78 valence electrons. The highest BCUT2D eigenvalue weighted by Crippen LogP contribution is 2.16. The van der Waals surface area contributed by atoms with Crippen LogP contribution < -0.4 is 5.73 Å². The monoisotopic (exact) mass is 265 g/mol. The van der Waals surface area contributed by atoms with Crippen LogP contribution in [0.25, 0.3) is 0 Å². The average molecular weight is 266 g/mol. The van der Waals surface area contributed by atoms with Gasteiger partial charge in [-0.3, -0.25) is 4.68 Å². The van der Waals surface area contributed by atoms with Crippen LogP contribution in [0.1, 0.15) is 11.1 Å². The van der Waals surface area contributed by atoms with Crippen molar-refractivity contribution < 1.29 is 0 Å². The molecule has 2 aromatic rings. The molecule has 0 saturated heterocycles. The van der Waals surface area contributed by atoms with Gasteiger partial charge in [0.2, 0.25) is 0 Å². The van der Waals surface area contributed by atoms with E-state index < -0.39 is 0 Å². The summed E-state index contributed by atoms with van der Waals surface area (Å²) in [6.07, 6.45) is 3.77. The fourth-order valence-corrected chi connectivity index (χ4v) is 1.81. The lowest BCUT2D eigenvalue weighted by Gasteiger charge is -2.03. The summed E-state index contributed by atoms with van der Waals surface area (Å²) in [6, 6.07) is 8.13. The third-order valence-electron chi connectivity index (χ3n) is 2.21. The summed E-state index contributed by atoms with van der Waals surface area (Å²) in [5.41, 5.74) is 7.79. The Balaban J connectivity index is 2.18. The van der Waals surface area contributed by atoms with Crippen molar-refractivity contribution in [3.8, 4) is 0 Å². The van der Waals surface area contributed by atoms with Gasteiger partial charge < -0.3 is 5.73 Å². The van der Waals surface area contributed by atoms with Gasteiger partial charge in [-0.2, -0.15) is 5.10 Å². The minimum Gasteiger partial charge on any atom is -0.326 e. The van der Waals surface area contributed by atoms with E-state index >= 15 is 0 Å². The highest BCUT2D eigenvalue weighted by molar-refractivity contribution is 9.10. The minimum atomic E-state index is 0.538. The normalized spacial score (nSPS) is 10.5. The molecule has 1 heterocycles. The molecule has 0 bridgehead atoms. The molecule has 0 aliphatic carbocycles. The zero-order chi connectivity index (χ0) is 10.7. The first kappa shape index (κ1) is 10.4. The van der Waals surface area contributed by atoms with E-state index in [1.807, 2.05) is 29.1 Å². The van der Waals surface area contributed by atoms with Crippen LogP contribution in [0.5, 0.6) is 0 Å². The zero-order valence-electron chi connectivity index (χ0n) is 8.23. The van der Waals surface area contributed by atoms with Crippen LogP contribution in [0.3, 0.4) is 0 Å². The van der Waals surface area contributed by atoms with Crippen LogP contribution in [0.4, 0.5) is 0 Å². The third kappa shape index (κ3) is 2.46. The van der Waals surface area contributed by atoms with E-state index in [1.54, 1.807) is 6.20 Å². The number of rotatable bonds is 3. The van der Waals surface area contributed by atoms with E-state index in [2.05, 4.69) is 27.1 Å². The van der Waals surface area contributed by atoms with Crippen molar-refractivity contribution in [1.82, 2.24) is 9.78 Å². The van der Waals surface area contributed by atoms with Crippen LogP contribution >= 0.6 is 15.9 Å². The molecule has 0 saturated carbocycles. The average Bonchev–Trinajstić information content (AvgIpc) is 2.69. The van der Waals surface area contributed by atoms with Crippen molar-refractivity contribution in [1.29, 1.82) is 0 Å². The molecule has 0 atom stereocenters. The number of nitrogens with two attached hydrogens (primary N) is 1. The lowest BCUT2D eigenvalue weighted by Crippen LogP contribution is -2.00. The number of halogens is 1. The van der Waals surface area contributed by atoms with Crippen molar-refractivity contribution in [2.45, 2.75) is 13.1 Å². The predicted molar refractivity (Wildman–Crippen MR) is 63.4 cm³/mol. The van der Waals surface area contributed by atoms with Crippen molar-refractivity contribution in [3.63, 3.8) is 0 Å². The highest BCUT2D eigenvalue weighted by Gasteiger charge is 2.01. The number of benzene rings is 1. The smallest absolute Gasteiger partial charge is 0.0670 e. The first-order valence-electron chi connectivity index (χ1n) is 4.74. The summed E-state index contributed by atoms with van der Waals surface area (Å²) in [6.45, 7) is 1.30. The molecule has 1 aromatic carbocycles. The fourth-order valence-electron chi connectivity index (χ4n) is 1.40. The van der Waals surface area contributed by atoms with E-state index in [0.717, 1.165) is 16.6 Å². The van der Waals surface area contributed by atoms with Crippen LogP contribution in [0.2, 0.25) is 0 Å². The summed E-state index contributed by atoms with van der Waals surface area (Å²) in [7, 11) is 0. The molecule has 15 heavy (non-hydrogen) atoms. The lowest BCUT2D eigenvalue weighted by molar-refractivity contribution is 0.684. The standard InChI is InChI=1S/C11H12BrN3/c12-11-4-2-1-3-10(11)8-15-7-9(5-13)6-14-15/h1-4,6-7H,5,8,13H2. The van der Waals surface area contributed by atoms with E-state index in [4.69, 9.17) is 5.73 Å². The molecule has 2 N–H and O–H groups in total. The van der Waals surface area contributed by atoms with Crippen LogP contribution in [-0.2, 0) is 13.1 Å². The van der Waals surface area contributed by atoms with E-state index in [0.29, 0.717) is 6.54 Å². The number of aromatic nitrogens is 2. The van der Waals surface area contributed by atoms with Gasteiger partial charge in [0.1, 0.15) is 0 Å². The van der Waals surface area contributed by atoms with Gasteiger partial charge in [-0.1, -0.05) is 34.1 Å². The molecular formula is C11H12BrN3. The number of hydrogen-bond acceptors (Lipinski definition) is 2. The van der Waals surface area contributed by atoms with Crippen LogP contribution in [0, 0.1) is 0 Å². The topological polar surface area (TPSA) is 43.8 Å². The van der Waals surface area contributed by atoms with Gasteiger partial charge >= 0.3 is 0 Å². The van der Waals surface area contributed by atoms with Crippen molar-refractivity contribution in [3.05, 3.63) is 52.3 Å². The Kier molecular flexibility index (Phi) is 3.18. The van der Waals surface area contributed by atoms with Gasteiger partial charge in [0.05, 0.1) is 12.7 Å². The molecule has 4 heteroatoms. The maximum Gasteiger partial charge on any atom is 0.0670 e. The Hall–Kier alpha value is -1.13. The second-order valence-corrected chi connectivity index (χ2v) is 4.20. The Morgan fingerprint density at radius 2 is 2.13 bits per heavy atom. The molecule has 1 aromatic heterocycles. The van der Waals surface area contributed by atoms with Crippen LogP contribution in [0.15, 0.2) is 41.1 Å². The molecule has 3 nitrogen and oxygen atoms in total. The van der Waals surface area contributed by atoms with Gasteiger partial charge in [-0.15, -0.1) is 0 Å². The van der Waals surface area contributed by atoms with Crippen LogP contribution in [-0.4, -0.2) is 9.78 Å². The largest absolute Gasteiger partial charge is 0.326 e. The van der Waals surface area contributed by atoms with E-state index in [-0.39, 0.29) is 0 Å². The Labute approximate surface area is 97.0 Å². The number of nitrogens with zero attached hydrogens (tertiary/aromatic N) is 2. The van der Waals surface area contributed by atoms with Gasteiger partial charge in [0, 0.05) is 22.8 Å². The molecule has 0 aliphatic rings. The Morgan fingerprint density at radius 1 is 1.33 bits per heavy atom.